The molecule has 0 aromatic carbocycles. The van der Waals surface area contributed by atoms with E-state index < -0.39 is 5.60 Å². The first-order chi connectivity index (χ1) is 7.20. The first kappa shape index (κ1) is 11.4. The van der Waals surface area contributed by atoms with Gasteiger partial charge in [0.25, 0.3) is 0 Å². The molecular weight excluding hydrogens is 190 g/mol. The summed E-state index contributed by atoms with van der Waals surface area (Å²) in [7, 11) is 0. The summed E-state index contributed by atoms with van der Waals surface area (Å²) in [6.07, 6.45) is 6.94. The summed E-state index contributed by atoms with van der Waals surface area (Å²) in [5.74, 6) is 0. The van der Waals surface area contributed by atoms with Crippen molar-refractivity contribution in [2.24, 2.45) is 0 Å². The summed E-state index contributed by atoms with van der Waals surface area (Å²) < 4.78 is 5.49. The Labute approximate surface area is 92.2 Å². The Hall–Kier alpha value is -0.120. The van der Waals surface area contributed by atoms with Crippen molar-refractivity contribution in [2.75, 3.05) is 13.2 Å². The van der Waals surface area contributed by atoms with Gasteiger partial charge in [0.2, 0.25) is 0 Å². The minimum atomic E-state index is -0.444. The minimum Gasteiger partial charge on any atom is -0.389 e. The molecular formula is C12H23NO2. The molecule has 0 aromatic rings. The second-order valence-electron chi connectivity index (χ2n) is 5.14. The van der Waals surface area contributed by atoms with Crippen LogP contribution in [0, 0.1) is 0 Å². The molecule has 1 heterocycles. The highest BCUT2D eigenvalue weighted by molar-refractivity contribution is 4.88. The van der Waals surface area contributed by atoms with Gasteiger partial charge in [-0.15, -0.1) is 0 Å². The predicted octanol–water partition coefficient (Wildman–Crippen LogP) is 1.45. The fourth-order valence-electron chi connectivity index (χ4n) is 2.71. The van der Waals surface area contributed by atoms with Gasteiger partial charge in [0.15, 0.2) is 0 Å². The van der Waals surface area contributed by atoms with Crippen LogP contribution in [0.1, 0.15) is 45.4 Å². The number of ether oxygens (including phenoxy) is 1. The van der Waals surface area contributed by atoms with Crippen LogP contribution < -0.4 is 5.32 Å². The maximum Gasteiger partial charge on any atom is 0.0771 e. The Morgan fingerprint density at radius 2 is 2.07 bits per heavy atom. The van der Waals surface area contributed by atoms with E-state index in [2.05, 4.69) is 12.2 Å². The quantitative estimate of drug-likeness (QED) is 0.745. The van der Waals surface area contributed by atoms with Gasteiger partial charge in [-0.1, -0.05) is 19.3 Å². The molecule has 1 aliphatic heterocycles. The smallest absolute Gasteiger partial charge is 0.0771 e. The fourth-order valence-corrected chi connectivity index (χ4v) is 2.71. The first-order valence-electron chi connectivity index (χ1n) is 6.27. The van der Waals surface area contributed by atoms with Crippen LogP contribution >= 0.6 is 0 Å². The maximum atomic E-state index is 10.3. The van der Waals surface area contributed by atoms with Gasteiger partial charge in [-0.2, -0.15) is 0 Å². The van der Waals surface area contributed by atoms with Gasteiger partial charge in [-0.3, -0.25) is 0 Å². The lowest BCUT2D eigenvalue weighted by atomic mass is 9.84. The molecule has 2 atom stereocenters. The molecule has 3 heteroatoms. The summed E-state index contributed by atoms with van der Waals surface area (Å²) in [5, 5.41) is 13.8. The van der Waals surface area contributed by atoms with Crippen LogP contribution in [0.4, 0.5) is 0 Å². The van der Waals surface area contributed by atoms with Gasteiger partial charge in [-0.05, 0) is 26.2 Å². The molecule has 2 N–H and O–H groups in total. The molecule has 0 unspecified atom stereocenters. The van der Waals surface area contributed by atoms with Gasteiger partial charge < -0.3 is 15.2 Å². The normalized spacial score (nSPS) is 35.6. The average molecular weight is 213 g/mol. The van der Waals surface area contributed by atoms with E-state index in [0.717, 1.165) is 32.4 Å². The molecule has 1 saturated carbocycles. The Balaban J connectivity index is 1.76. The lowest BCUT2D eigenvalue weighted by Gasteiger charge is -2.33. The lowest BCUT2D eigenvalue weighted by Crippen LogP contribution is -2.47. The summed E-state index contributed by atoms with van der Waals surface area (Å²) >= 11 is 0. The van der Waals surface area contributed by atoms with Crippen molar-refractivity contribution in [3.8, 4) is 0 Å². The van der Waals surface area contributed by atoms with Crippen LogP contribution in [0.5, 0.6) is 0 Å². The average Bonchev–Trinajstić information content (AvgIpc) is 2.62. The van der Waals surface area contributed by atoms with Crippen LogP contribution in [-0.2, 0) is 4.74 Å². The molecule has 0 radical (unpaired) electrons. The number of hydrogen-bond acceptors (Lipinski definition) is 3. The molecule has 3 nitrogen and oxygen atoms in total. The summed E-state index contributed by atoms with van der Waals surface area (Å²) in [5.41, 5.74) is -0.444. The van der Waals surface area contributed by atoms with Crippen LogP contribution in [0.25, 0.3) is 0 Å². The molecule has 1 saturated heterocycles. The lowest BCUT2D eigenvalue weighted by molar-refractivity contribution is 0.000394. The van der Waals surface area contributed by atoms with Crippen LogP contribution in [0.15, 0.2) is 0 Å². The Bertz CT molecular complexity index is 202. The summed E-state index contributed by atoms with van der Waals surface area (Å²) in [4.78, 5) is 0. The number of nitrogens with one attached hydrogen (secondary N) is 1. The highest BCUT2D eigenvalue weighted by Crippen LogP contribution is 2.27. The van der Waals surface area contributed by atoms with Crippen molar-refractivity contribution in [3.05, 3.63) is 0 Å². The second-order valence-corrected chi connectivity index (χ2v) is 5.14. The van der Waals surface area contributed by atoms with Crippen LogP contribution in [0.2, 0.25) is 0 Å². The van der Waals surface area contributed by atoms with Gasteiger partial charge in [0, 0.05) is 19.2 Å². The van der Waals surface area contributed by atoms with E-state index in [0.29, 0.717) is 12.1 Å². The minimum absolute atomic E-state index is 0.303. The largest absolute Gasteiger partial charge is 0.389 e. The molecule has 1 aliphatic carbocycles. The predicted molar refractivity (Wildman–Crippen MR) is 59.9 cm³/mol. The molecule has 2 aliphatic rings. The monoisotopic (exact) mass is 213 g/mol. The van der Waals surface area contributed by atoms with Crippen LogP contribution in [0.3, 0.4) is 0 Å². The molecule has 15 heavy (non-hydrogen) atoms. The molecule has 88 valence electrons. The van der Waals surface area contributed by atoms with Gasteiger partial charge in [0.05, 0.1) is 11.7 Å². The van der Waals surface area contributed by atoms with E-state index in [1.807, 2.05) is 0 Å². The van der Waals surface area contributed by atoms with E-state index in [4.69, 9.17) is 4.74 Å². The third-order valence-electron chi connectivity index (χ3n) is 3.85. The van der Waals surface area contributed by atoms with Crippen molar-refractivity contribution in [3.63, 3.8) is 0 Å². The van der Waals surface area contributed by atoms with E-state index in [9.17, 15) is 5.11 Å². The van der Waals surface area contributed by atoms with E-state index in [-0.39, 0.29) is 0 Å². The Morgan fingerprint density at radius 3 is 2.67 bits per heavy atom. The molecule has 0 bridgehead atoms. The molecule has 2 fully saturated rings. The van der Waals surface area contributed by atoms with Crippen LogP contribution in [-0.4, -0.2) is 36.0 Å². The van der Waals surface area contributed by atoms with Gasteiger partial charge in [-0.25, -0.2) is 0 Å². The molecule has 2 rings (SSSR count). The fraction of sp³-hybridized carbons (Fsp3) is 1.00. The SMILES string of the molecule is C[C@@H]1OCC[C@H]1NCC1(O)CCCCC1. The zero-order valence-corrected chi connectivity index (χ0v) is 9.67. The highest BCUT2D eigenvalue weighted by Gasteiger charge is 2.31. The van der Waals surface area contributed by atoms with Crippen molar-refractivity contribution in [1.29, 1.82) is 0 Å². The zero-order chi connectivity index (χ0) is 10.7. The third kappa shape index (κ3) is 2.92. The Morgan fingerprint density at radius 1 is 1.33 bits per heavy atom. The van der Waals surface area contributed by atoms with Crippen molar-refractivity contribution >= 4 is 0 Å². The van der Waals surface area contributed by atoms with Gasteiger partial charge >= 0.3 is 0 Å². The number of hydrogen-bond donors (Lipinski definition) is 2. The van der Waals surface area contributed by atoms with E-state index in [1.54, 1.807) is 0 Å². The van der Waals surface area contributed by atoms with Crippen molar-refractivity contribution < 1.29 is 9.84 Å². The first-order valence-corrected chi connectivity index (χ1v) is 6.27. The maximum absolute atomic E-state index is 10.3. The highest BCUT2D eigenvalue weighted by atomic mass is 16.5. The number of rotatable bonds is 3. The zero-order valence-electron chi connectivity index (χ0n) is 9.67. The third-order valence-corrected chi connectivity index (χ3v) is 3.85. The van der Waals surface area contributed by atoms with Crippen molar-refractivity contribution in [2.45, 2.75) is 63.2 Å². The summed E-state index contributed by atoms with van der Waals surface area (Å²) in [6, 6.07) is 0.441. The Kier molecular flexibility index (Phi) is 3.65. The van der Waals surface area contributed by atoms with E-state index >= 15 is 0 Å². The van der Waals surface area contributed by atoms with Gasteiger partial charge in [0.1, 0.15) is 0 Å². The molecule has 0 aromatic heterocycles. The molecule has 0 spiro atoms. The molecule has 0 amide bonds. The number of aliphatic hydroxyl groups is 1. The topological polar surface area (TPSA) is 41.5 Å². The summed E-state index contributed by atoms with van der Waals surface area (Å²) in [6.45, 7) is 3.71. The second kappa shape index (κ2) is 4.81. The standard InChI is InChI=1S/C12H23NO2/c1-10-11(5-8-15-10)13-9-12(14)6-3-2-4-7-12/h10-11,13-14H,2-9H2,1H3/t10-,11+/m0/s1. The van der Waals surface area contributed by atoms with E-state index in [1.165, 1.54) is 19.3 Å². The van der Waals surface area contributed by atoms with Crippen molar-refractivity contribution in [1.82, 2.24) is 5.32 Å².